The molecule has 0 radical (unpaired) electrons. The van der Waals surface area contributed by atoms with Gasteiger partial charge in [0.2, 0.25) is 0 Å². The highest BCUT2D eigenvalue weighted by atomic mass is 19.2. The van der Waals surface area contributed by atoms with Gasteiger partial charge < -0.3 is 5.11 Å². The van der Waals surface area contributed by atoms with Gasteiger partial charge in [0.25, 0.3) is 0 Å². The molecule has 0 amide bonds. The van der Waals surface area contributed by atoms with Gasteiger partial charge >= 0.3 is 0 Å². The number of hydrogen-bond acceptors (Lipinski definition) is 1. The molecular formula is C15H13F3O. The summed E-state index contributed by atoms with van der Waals surface area (Å²) in [6, 6.07) is 7.63. The van der Waals surface area contributed by atoms with Crippen molar-refractivity contribution in [3.63, 3.8) is 0 Å². The molecule has 1 atom stereocenters. The highest BCUT2D eigenvalue weighted by Gasteiger charge is 2.30. The van der Waals surface area contributed by atoms with Crippen molar-refractivity contribution >= 4 is 0 Å². The monoisotopic (exact) mass is 266 g/mol. The van der Waals surface area contributed by atoms with Crippen LogP contribution in [-0.4, -0.2) is 5.11 Å². The van der Waals surface area contributed by atoms with Gasteiger partial charge in [-0.05, 0) is 37.1 Å². The molecule has 2 aromatic carbocycles. The van der Waals surface area contributed by atoms with Gasteiger partial charge in [-0.2, -0.15) is 0 Å². The Bertz CT molecular complexity index is 621. The molecule has 19 heavy (non-hydrogen) atoms. The summed E-state index contributed by atoms with van der Waals surface area (Å²) in [4.78, 5) is 0. The Morgan fingerprint density at radius 2 is 1.68 bits per heavy atom. The van der Waals surface area contributed by atoms with Crippen LogP contribution in [0.15, 0.2) is 36.4 Å². The van der Waals surface area contributed by atoms with Crippen LogP contribution in [-0.2, 0) is 5.60 Å². The number of aryl methyl sites for hydroxylation is 1. The molecule has 1 unspecified atom stereocenters. The first-order valence-electron chi connectivity index (χ1n) is 5.77. The van der Waals surface area contributed by atoms with Crippen LogP contribution in [0.2, 0.25) is 0 Å². The highest BCUT2D eigenvalue weighted by Crippen LogP contribution is 2.32. The van der Waals surface area contributed by atoms with Crippen molar-refractivity contribution in [3.05, 3.63) is 70.5 Å². The first-order valence-corrected chi connectivity index (χ1v) is 5.77. The molecule has 0 spiro atoms. The summed E-state index contributed by atoms with van der Waals surface area (Å²) in [5.74, 6) is -2.69. The van der Waals surface area contributed by atoms with Crippen LogP contribution in [0, 0.1) is 24.4 Å². The van der Waals surface area contributed by atoms with Crippen LogP contribution < -0.4 is 0 Å². The van der Waals surface area contributed by atoms with E-state index in [1.54, 1.807) is 6.92 Å². The Labute approximate surface area is 109 Å². The lowest BCUT2D eigenvalue weighted by atomic mass is 9.87. The number of aliphatic hydroxyl groups is 1. The fourth-order valence-corrected chi connectivity index (χ4v) is 1.93. The lowest BCUT2D eigenvalue weighted by Crippen LogP contribution is -2.25. The molecule has 0 fully saturated rings. The lowest BCUT2D eigenvalue weighted by Gasteiger charge is -2.25. The molecule has 0 saturated carbocycles. The molecule has 0 bridgehead atoms. The summed E-state index contributed by atoms with van der Waals surface area (Å²) in [6.07, 6.45) is 0. The van der Waals surface area contributed by atoms with Crippen molar-refractivity contribution in [2.24, 2.45) is 0 Å². The van der Waals surface area contributed by atoms with E-state index in [1.165, 1.54) is 31.2 Å². The van der Waals surface area contributed by atoms with Gasteiger partial charge in [0.15, 0.2) is 11.6 Å². The summed E-state index contributed by atoms with van der Waals surface area (Å²) in [5.41, 5.74) is -1.45. The maximum absolute atomic E-state index is 13.7. The van der Waals surface area contributed by atoms with Gasteiger partial charge in [-0.25, -0.2) is 13.2 Å². The van der Waals surface area contributed by atoms with Crippen LogP contribution in [0.3, 0.4) is 0 Å². The molecule has 0 aliphatic carbocycles. The van der Waals surface area contributed by atoms with Gasteiger partial charge in [0.1, 0.15) is 11.4 Å². The van der Waals surface area contributed by atoms with Gasteiger partial charge in [-0.15, -0.1) is 0 Å². The summed E-state index contributed by atoms with van der Waals surface area (Å²) >= 11 is 0. The van der Waals surface area contributed by atoms with E-state index in [2.05, 4.69) is 0 Å². The Morgan fingerprint density at radius 3 is 2.32 bits per heavy atom. The third-order valence-corrected chi connectivity index (χ3v) is 3.21. The van der Waals surface area contributed by atoms with Gasteiger partial charge in [-0.3, -0.25) is 0 Å². The molecule has 4 heteroatoms. The van der Waals surface area contributed by atoms with Crippen molar-refractivity contribution in [3.8, 4) is 0 Å². The molecule has 100 valence electrons. The summed E-state index contributed by atoms with van der Waals surface area (Å²) < 4.78 is 40.5. The second kappa shape index (κ2) is 4.70. The second-order valence-electron chi connectivity index (χ2n) is 4.64. The molecule has 1 nitrogen and oxygen atoms in total. The van der Waals surface area contributed by atoms with Gasteiger partial charge in [0.05, 0.1) is 0 Å². The van der Waals surface area contributed by atoms with Crippen molar-refractivity contribution in [2.75, 3.05) is 0 Å². The number of benzene rings is 2. The third-order valence-electron chi connectivity index (χ3n) is 3.21. The van der Waals surface area contributed by atoms with E-state index in [-0.39, 0.29) is 11.1 Å². The highest BCUT2D eigenvalue weighted by molar-refractivity contribution is 5.37. The SMILES string of the molecule is Cc1ccc(C(C)(O)c2cccc(F)c2F)cc1F. The first-order chi connectivity index (χ1) is 8.84. The topological polar surface area (TPSA) is 20.2 Å². The van der Waals surface area contributed by atoms with Crippen molar-refractivity contribution in [1.29, 1.82) is 0 Å². The average Bonchev–Trinajstić information content (AvgIpc) is 2.35. The van der Waals surface area contributed by atoms with Crippen LogP contribution >= 0.6 is 0 Å². The Balaban J connectivity index is 2.58. The number of rotatable bonds is 2. The third kappa shape index (κ3) is 2.36. The van der Waals surface area contributed by atoms with E-state index < -0.39 is 23.1 Å². The van der Waals surface area contributed by atoms with E-state index in [4.69, 9.17) is 0 Å². The molecule has 0 aliphatic rings. The zero-order valence-corrected chi connectivity index (χ0v) is 10.5. The maximum atomic E-state index is 13.7. The number of hydrogen-bond donors (Lipinski definition) is 1. The zero-order chi connectivity index (χ0) is 14.2. The van der Waals surface area contributed by atoms with Crippen molar-refractivity contribution in [1.82, 2.24) is 0 Å². The molecule has 2 aromatic rings. The van der Waals surface area contributed by atoms with Crippen LogP contribution in [0.5, 0.6) is 0 Å². The van der Waals surface area contributed by atoms with E-state index in [0.717, 1.165) is 12.1 Å². The molecule has 1 N–H and O–H groups in total. The minimum atomic E-state index is -1.80. The predicted octanol–water partition coefficient (Wildman–Crippen LogP) is 3.67. The maximum Gasteiger partial charge on any atom is 0.165 e. The minimum Gasteiger partial charge on any atom is -0.381 e. The summed E-state index contributed by atoms with van der Waals surface area (Å²) in [7, 11) is 0. The summed E-state index contributed by atoms with van der Waals surface area (Å²) in [6.45, 7) is 2.88. The fraction of sp³-hybridized carbons (Fsp3) is 0.200. The van der Waals surface area contributed by atoms with E-state index in [9.17, 15) is 18.3 Å². The average molecular weight is 266 g/mol. The zero-order valence-electron chi connectivity index (χ0n) is 10.5. The molecule has 0 heterocycles. The van der Waals surface area contributed by atoms with Crippen LogP contribution in [0.25, 0.3) is 0 Å². The number of halogens is 3. The molecule has 2 rings (SSSR count). The Hall–Kier alpha value is -1.81. The summed E-state index contributed by atoms with van der Waals surface area (Å²) in [5, 5.41) is 10.4. The lowest BCUT2D eigenvalue weighted by molar-refractivity contribution is 0.0966. The van der Waals surface area contributed by atoms with Crippen molar-refractivity contribution in [2.45, 2.75) is 19.4 Å². The van der Waals surface area contributed by atoms with Gasteiger partial charge in [0, 0.05) is 5.56 Å². The minimum absolute atomic E-state index is 0.167. The molecule has 0 aromatic heterocycles. The normalized spacial score (nSPS) is 14.2. The Kier molecular flexibility index (Phi) is 3.37. The molecule has 0 saturated heterocycles. The second-order valence-corrected chi connectivity index (χ2v) is 4.64. The van der Waals surface area contributed by atoms with Crippen LogP contribution in [0.4, 0.5) is 13.2 Å². The quantitative estimate of drug-likeness (QED) is 0.879. The fourth-order valence-electron chi connectivity index (χ4n) is 1.93. The van der Waals surface area contributed by atoms with Crippen molar-refractivity contribution < 1.29 is 18.3 Å². The molecular weight excluding hydrogens is 253 g/mol. The largest absolute Gasteiger partial charge is 0.381 e. The van der Waals surface area contributed by atoms with Crippen LogP contribution in [0.1, 0.15) is 23.6 Å². The smallest absolute Gasteiger partial charge is 0.165 e. The standard InChI is InChI=1S/C15H13F3O/c1-9-6-7-10(8-13(9)17)15(2,19)11-4-3-5-12(16)14(11)18/h3-8,19H,1-2H3. The van der Waals surface area contributed by atoms with Gasteiger partial charge in [-0.1, -0.05) is 24.3 Å². The first kappa shape index (κ1) is 13.6. The molecule has 0 aliphatic heterocycles. The van der Waals surface area contributed by atoms with E-state index in [1.807, 2.05) is 0 Å². The van der Waals surface area contributed by atoms with E-state index >= 15 is 0 Å². The van der Waals surface area contributed by atoms with E-state index in [0.29, 0.717) is 5.56 Å². The Morgan fingerprint density at radius 1 is 1.00 bits per heavy atom. The predicted molar refractivity (Wildman–Crippen MR) is 66.2 cm³/mol.